The summed E-state index contributed by atoms with van der Waals surface area (Å²) in [5, 5.41) is 8.50. The van der Waals surface area contributed by atoms with E-state index in [0.717, 1.165) is 55.9 Å². The zero-order valence-electron chi connectivity index (χ0n) is 14.4. The number of aryl methyl sites for hydroxylation is 1. The Balaban J connectivity index is 1.57. The van der Waals surface area contributed by atoms with Gasteiger partial charge >= 0.3 is 0 Å². The van der Waals surface area contributed by atoms with Gasteiger partial charge in [-0.05, 0) is 25.8 Å². The van der Waals surface area contributed by atoms with Gasteiger partial charge in [0.25, 0.3) is 0 Å². The van der Waals surface area contributed by atoms with Gasteiger partial charge in [-0.3, -0.25) is 4.90 Å². The first-order valence-corrected chi connectivity index (χ1v) is 8.69. The molecule has 1 aliphatic carbocycles. The van der Waals surface area contributed by atoms with Gasteiger partial charge in [-0.2, -0.15) is 0 Å². The van der Waals surface area contributed by atoms with Crippen molar-refractivity contribution in [3.05, 3.63) is 35.4 Å². The molecule has 6 heteroatoms. The third-order valence-electron chi connectivity index (χ3n) is 4.82. The summed E-state index contributed by atoms with van der Waals surface area (Å²) in [4.78, 5) is 2.48. The van der Waals surface area contributed by atoms with E-state index in [-0.39, 0.29) is 0 Å². The normalized spacial score (nSPS) is 17.1. The second-order valence-electron chi connectivity index (χ2n) is 6.65. The monoisotopic (exact) mass is 328 g/mol. The maximum absolute atomic E-state index is 5.97. The van der Waals surface area contributed by atoms with Gasteiger partial charge in [0.05, 0.1) is 19.8 Å². The van der Waals surface area contributed by atoms with Crippen LogP contribution in [0.1, 0.15) is 36.5 Å². The number of hydrogen-bond donors (Lipinski definition) is 0. The Morgan fingerprint density at radius 3 is 2.75 bits per heavy atom. The first-order valence-electron chi connectivity index (χ1n) is 8.69. The largest absolute Gasteiger partial charge is 0.490 e. The third-order valence-corrected chi connectivity index (χ3v) is 4.82. The van der Waals surface area contributed by atoms with Crippen LogP contribution in [0.2, 0.25) is 0 Å². The fourth-order valence-corrected chi connectivity index (χ4v) is 3.12. The minimum absolute atomic E-state index is 0.629. The third kappa shape index (κ3) is 3.11. The lowest BCUT2D eigenvalue weighted by Crippen LogP contribution is -2.27. The zero-order chi connectivity index (χ0) is 16.5. The van der Waals surface area contributed by atoms with Gasteiger partial charge < -0.3 is 14.0 Å². The molecule has 6 nitrogen and oxygen atoms in total. The summed E-state index contributed by atoms with van der Waals surface area (Å²) in [5.74, 6) is 3.75. The topological polar surface area (TPSA) is 52.4 Å². The zero-order valence-corrected chi connectivity index (χ0v) is 14.4. The average Bonchev–Trinajstić information content (AvgIpc) is 3.39. The number of benzene rings is 1. The van der Waals surface area contributed by atoms with E-state index in [1.807, 2.05) is 20.0 Å². The van der Waals surface area contributed by atoms with E-state index in [1.54, 1.807) is 0 Å². The van der Waals surface area contributed by atoms with Crippen LogP contribution in [0.15, 0.2) is 18.2 Å². The highest BCUT2D eigenvalue weighted by Crippen LogP contribution is 2.36. The van der Waals surface area contributed by atoms with Crippen molar-refractivity contribution in [2.24, 2.45) is 7.05 Å². The molecule has 1 saturated carbocycles. The lowest BCUT2D eigenvalue weighted by molar-refractivity contribution is 0.230. The molecular formula is C18H24N4O2. The van der Waals surface area contributed by atoms with Crippen LogP contribution in [-0.2, 0) is 20.1 Å². The molecule has 128 valence electrons. The molecule has 1 aliphatic heterocycles. The molecule has 1 aromatic carbocycles. The second-order valence-corrected chi connectivity index (χ2v) is 6.65. The van der Waals surface area contributed by atoms with E-state index in [2.05, 4.69) is 31.8 Å². The highest BCUT2D eigenvalue weighted by Gasteiger charge is 2.31. The first kappa shape index (κ1) is 15.4. The van der Waals surface area contributed by atoms with Crippen molar-refractivity contribution in [3.63, 3.8) is 0 Å². The van der Waals surface area contributed by atoms with E-state index in [1.165, 1.54) is 18.4 Å². The average molecular weight is 328 g/mol. The molecule has 24 heavy (non-hydrogen) atoms. The van der Waals surface area contributed by atoms with Crippen LogP contribution < -0.4 is 9.47 Å². The van der Waals surface area contributed by atoms with Crippen molar-refractivity contribution >= 4 is 0 Å². The summed E-state index contributed by atoms with van der Waals surface area (Å²) in [6.07, 6.45) is 3.44. The van der Waals surface area contributed by atoms with E-state index < -0.39 is 0 Å². The van der Waals surface area contributed by atoms with E-state index >= 15 is 0 Å². The highest BCUT2D eigenvalue weighted by molar-refractivity contribution is 5.47. The number of nitrogens with zero attached hydrogens (tertiary/aromatic N) is 4. The Bertz CT molecular complexity index is 724. The molecule has 0 unspecified atom stereocenters. The Morgan fingerprint density at radius 1 is 1.17 bits per heavy atom. The van der Waals surface area contributed by atoms with Crippen molar-refractivity contribution in [2.75, 3.05) is 13.2 Å². The van der Waals surface area contributed by atoms with E-state index in [4.69, 9.17) is 9.47 Å². The number of ether oxygens (including phenoxy) is 2. The van der Waals surface area contributed by atoms with Crippen LogP contribution in [0.5, 0.6) is 11.5 Å². The maximum atomic E-state index is 5.97. The molecule has 0 bridgehead atoms. The van der Waals surface area contributed by atoms with Crippen molar-refractivity contribution in [1.29, 1.82) is 0 Å². The quantitative estimate of drug-likeness (QED) is 0.844. The van der Waals surface area contributed by atoms with Crippen molar-refractivity contribution in [1.82, 2.24) is 19.7 Å². The fraction of sp³-hybridized carbons (Fsp3) is 0.556. The fourth-order valence-electron chi connectivity index (χ4n) is 3.12. The number of rotatable bonds is 5. The molecule has 0 atom stereocenters. The maximum Gasteiger partial charge on any atom is 0.165 e. The first-order chi connectivity index (χ1) is 11.7. The minimum atomic E-state index is 0.629. The van der Waals surface area contributed by atoms with Crippen LogP contribution in [0, 0.1) is 6.92 Å². The molecule has 2 aliphatic rings. The van der Waals surface area contributed by atoms with Crippen LogP contribution in [0.4, 0.5) is 0 Å². The number of para-hydroxylation sites is 1. The summed E-state index contributed by atoms with van der Waals surface area (Å²) in [6, 6.07) is 6.83. The Kier molecular flexibility index (Phi) is 4.14. The summed E-state index contributed by atoms with van der Waals surface area (Å²) >= 11 is 0. The Hall–Kier alpha value is -2.08. The minimum Gasteiger partial charge on any atom is -0.490 e. The van der Waals surface area contributed by atoms with E-state index in [9.17, 15) is 0 Å². The summed E-state index contributed by atoms with van der Waals surface area (Å²) in [7, 11) is 2.03. The molecule has 0 N–H and O–H groups in total. The summed E-state index contributed by atoms with van der Waals surface area (Å²) in [6.45, 7) is 5.09. The van der Waals surface area contributed by atoms with Crippen molar-refractivity contribution in [3.8, 4) is 11.5 Å². The molecule has 0 spiro atoms. The number of hydrogen-bond acceptors (Lipinski definition) is 5. The van der Waals surface area contributed by atoms with Gasteiger partial charge in [0, 0.05) is 31.6 Å². The lowest BCUT2D eigenvalue weighted by Gasteiger charge is -2.23. The van der Waals surface area contributed by atoms with Gasteiger partial charge in [-0.25, -0.2) is 0 Å². The summed E-state index contributed by atoms with van der Waals surface area (Å²) in [5.41, 5.74) is 1.19. The van der Waals surface area contributed by atoms with Gasteiger partial charge in [-0.15, -0.1) is 10.2 Å². The SMILES string of the molecule is Cc1nnc(CN(Cc2cccc3c2OCCCO3)C2CC2)n1C. The molecule has 4 rings (SSSR count). The van der Waals surface area contributed by atoms with Gasteiger partial charge in [0.1, 0.15) is 11.6 Å². The second kappa shape index (κ2) is 6.43. The lowest BCUT2D eigenvalue weighted by atomic mass is 10.1. The Morgan fingerprint density at radius 2 is 2.00 bits per heavy atom. The van der Waals surface area contributed by atoms with Crippen LogP contribution in [0.3, 0.4) is 0 Å². The molecule has 1 aromatic heterocycles. The molecule has 0 radical (unpaired) electrons. The number of fused-ring (bicyclic) bond motifs is 1. The molecular weight excluding hydrogens is 304 g/mol. The molecule has 2 aromatic rings. The summed E-state index contributed by atoms with van der Waals surface area (Å²) < 4.78 is 13.9. The smallest absolute Gasteiger partial charge is 0.165 e. The Labute approximate surface area is 142 Å². The van der Waals surface area contributed by atoms with Crippen LogP contribution in [0.25, 0.3) is 0 Å². The predicted molar refractivity (Wildman–Crippen MR) is 90.1 cm³/mol. The van der Waals surface area contributed by atoms with Crippen molar-refractivity contribution in [2.45, 2.75) is 45.3 Å². The molecule has 1 fully saturated rings. The van der Waals surface area contributed by atoms with E-state index in [0.29, 0.717) is 6.04 Å². The molecule has 0 amide bonds. The van der Waals surface area contributed by atoms with Crippen molar-refractivity contribution < 1.29 is 9.47 Å². The standard InChI is InChI=1S/C18H24N4O2/c1-13-19-20-17(21(13)2)12-22(15-7-8-15)11-14-5-3-6-16-18(14)24-10-4-9-23-16/h3,5-6,15H,4,7-12H2,1-2H3. The molecule has 2 heterocycles. The van der Waals surface area contributed by atoms with Gasteiger partial charge in [0.15, 0.2) is 11.5 Å². The highest BCUT2D eigenvalue weighted by atomic mass is 16.5. The van der Waals surface area contributed by atoms with Crippen LogP contribution in [-0.4, -0.2) is 38.9 Å². The number of aromatic nitrogens is 3. The van der Waals surface area contributed by atoms with Crippen LogP contribution >= 0.6 is 0 Å². The van der Waals surface area contributed by atoms with Gasteiger partial charge in [0.2, 0.25) is 0 Å². The molecule has 0 saturated heterocycles. The van der Waals surface area contributed by atoms with Gasteiger partial charge in [-0.1, -0.05) is 12.1 Å². The predicted octanol–water partition coefficient (Wildman–Crippen LogP) is 2.45.